The first-order valence-corrected chi connectivity index (χ1v) is 8.62. The maximum Gasteiger partial charge on any atom is 0.338 e. The molecule has 152 valence electrons. The monoisotopic (exact) mass is 402 g/mol. The summed E-state index contributed by atoms with van der Waals surface area (Å²) in [5, 5.41) is 13.8. The van der Waals surface area contributed by atoms with Crippen LogP contribution in [0, 0.1) is 10.1 Å². The Kier molecular flexibility index (Phi) is 6.12. The predicted octanol–water partition coefficient (Wildman–Crippen LogP) is 1.72. The third kappa shape index (κ3) is 4.92. The molecule has 0 bridgehead atoms. The summed E-state index contributed by atoms with van der Waals surface area (Å²) in [7, 11) is 1.17. The highest BCUT2D eigenvalue weighted by Gasteiger charge is 2.22. The number of rotatable bonds is 7. The predicted molar refractivity (Wildman–Crippen MR) is 99.3 cm³/mol. The molecule has 0 spiro atoms. The second-order valence-electron chi connectivity index (χ2n) is 6.02. The Balaban J connectivity index is 1.53. The molecule has 0 fully saturated rings. The minimum atomic E-state index is -0.714. The molecule has 0 radical (unpaired) electrons. The third-order valence-electron chi connectivity index (χ3n) is 4.03. The molecule has 0 aromatic heterocycles. The number of carbonyl (C=O) groups is 2. The minimum Gasteiger partial charge on any atom is -0.486 e. The zero-order valence-corrected chi connectivity index (χ0v) is 15.5. The van der Waals surface area contributed by atoms with E-state index in [4.69, 9.17) is 14.2 Å². The fourth-order valence-corrected chi connectivity index (χ4v) is 2.61. The minimum absolute atomic E-state index is 0.00531. The van der Waals surface area contributed by atoms with Crippen LogP contribution in [0.4, 0.5) is 5.69 Å². The highest BCUT2D eigenvalue weighted by molar-refractivity contribution is 5.90. The van der Waals surface area contributed by atoms with Crippen LogP contribution in [0.1, 0.15) is 10.4 Å². The molecule has 0 unspecified atom stereocenters. The van der Waals surface area contributed by atoms with Gasteiger partial charge in [0.05, 0.1) is 24.1 Å². The van der Waals surface area contributed by atoms with Gasteiger partial charge in [-0.1, -0.05) is 12.1 Å². The second kappa shape index (κ2) is 8.91. The Morgan fingerprint density at radius 3 is 2.72 bits per heavy atom. The van der Waals surface area contributed by atoms with Gasteiger partial charge in [0.2, 0.25) is 0 Å². The number of hydrogen-bond acceptors (Lipinski definition) is 8. The maximum atomic E-state index is 12.0. The molecule has 0 saturated carbocycles. The highest BCUT2D eigenvalue weighted by atomic mass is 16.6. The lowest BCUT2D eigenvalue weighted by atomic mass is 10.2. The first kappa shape index (κ1) is 19.9. The van der Waals surface area contributed by atoms with E-state index in [0.29, 0.717) is 11.5 Å². The molecule has 10 nitrogen and oxygen atoms in total. The highest BCUT2D eigenvalue weighted by Crippen LogP contribution is 2.31. The van der Waals surface area contributed by atoms with E-state index >= 15 is 0 Å². The smallest absolute Gasteiger partial charge is 0.338 e. The normalized spacial score (nSPS) is 14.6. The number of carbonyl (C=O) groups excluding carboxylic acids is 2. The summed E-state index contributed by atoms with van der Waals surface area (Å²) in [5.74, 6) is -0.104. The number of ether oxygens (including phenoxy) is 4. The van der Waals surface area contributed by atoms with Gasteiger partial charge in [-0.3, -0.25) is 14.9 Å². The van der Waals surface area contributed by atoms with Gasteiger partial charge < -0.3 is 24.3 Å². The van der Waals surface area contributed by atoms with Crippen LogP contribution < -0.4 is 19.5 Å². The number of hydrogen-bond donors (Lipinski definition) is 1. The summed E-state index contributed by atoms with van der Waals surface area (Å²) in [6, 6.07) is 10.8. The molecule has 3 rings (SSSR count). The van der Waals surface area contributed by atoms with Gasteiger partial charge in [-0.15, -0.1) is 0 Å². The largest absolute Gasteiger partial charge is 0.486 e. The molecule has 0 saturated heterocycles. The zero-order chi connectivity index (χ0) is 20.8. The molecular formula is C19H18N2O8. The summed E-state index contributed by atoms with van der Waals surface area (Å²) < 4.78 is 21.1. The number of nitro groups is 1. The van der Waals surface area contributed by atoms with Gasteiger partial charge in [-0.25, -0.2) is 4.79 Å². The number of benzene rings is 2. The molecule has 1 N–H and O–H groups in total. The van der Waals surface area contributed by atoms with Crippen LogP contribution in [-0.4, -0.2) is 49.8 Å². The van der Waals surface area contributed by atoms with Crippen molar-refractivity contribution in [2.75, 3.05) is 26.9 Å². The number of fused-ring (bicyclic) bond motifs is 1. The maximum absolute atomic E-state index is 12.0. The summed E-state index contributed by atoms with van der Waals surface area (Å²) in [4.78, 5) is 34.0. The lowest BCUT2D eigenvalue weighted by Crippen LogP contribution is -2.42. The van der Waals surface area contributed by atoms with Crippen LogP contribution >= 0.6 is 0 Å². The van der Waals surface area contributed by atoms with Crippen molar-refractivity contribution in [2.24, 2.45) is 0 Å². The van der Waals surface area contributed by atoms with E-state index in [0.717, 1.165) is 6.07 Å². The lowest BCUT2D eigenvalue weighted by molar-refractivity contribution is -0.385. The molecule has 10 heteroatoms. The van der Waals surface area contributed by atoms with Gasteiger partial charge in [0, 0.05) is 6.07 Å². The first-order valence-electron chi connectivity index (χ1n) is 8.62. The standard InChI is InChI=1S/C19H18N2O8/c1-26-19(23)12-6-7-15(14(8-12)21(24)25)28-11-18(22)20-9-13-10-27-16-4-2-3-5-17(16)29-13/h2-8,13H,9-11H2,1H3,(H,20,22)/t13-/m0/s1. The van der Waals surface area contributed by atoms with E-state index in [9.17, 15) is 19.7 Å². The number of nitro benzene ring substituents is 1. The van der Waals surface area contributed by atoms with Gasteiger partial charge >= 0.3 is 11.7 Å². The van der Waals surface area contributed by atoms with E-state index < -0.39 is 29.1 Å². The van der Waals surface area contributed by atoms with Crippen LogP contribution in [0.3, 0.4) is 0 Å². The first-order chi connectivity index (χ1) is 14.0. The Bertz CT molecular complexity index is 930. The van der Waals surface area contributed by atoms with E-state index in [2.05, 4.69) is 10.1 Å². The Hall–Kier alpha value is -3.82. The fourth-order valence-electron chi connectivity index (χ4n) is 2.61. The van der Waals surface area contributed by atoms with Gasteiger partial charge in [0.25, 0.3) is 5.91 Å². The van der Waals surface area contributed by atoms with Crippen molar-refractivity contribution in [1.82, 2.24) is 5.32 Å². The molecule has 0 aliphatic carbocycles. The average molecular weight is 402 g/mol. The van der Waals surface area contributed by atoms with Crippen LogP contribution in [0.5, 0.6) is 17.2 Å². The average Bonchev–Trinajstić information content (AvgIpc) is 2.75. The second-order valence-corrected chi connectivity index (χ2v) is 6.02. The number of esters is 1. The Labute approximate surface area is 165 Å². The Morgan fingerprint density at radius 1 is 1.24 bits per heavy atom. The Morgan fingerprint density at radius 2 is 2.00 bits per heavy atom. The van der Waals surface area contributed by atoms with Crippen molar-refractivity contribution < 1.29 is 33.5 Å². The fraction of sp³-hybridized carbons (Fsp3) is 0.263. The zero-order valence-electron chi connectivity index (χ0n) is 15.5. The van der Waals surface area contributed by atoms with E-state index in [1.165, 1.54) is 19.2 Å². The van der Waals surface area contributed by atoms with E-state index in [1.807, 2.05) is 12.1 Å². The lowest BCUT2D eigenvalue weighted by Gasteiger charge is -2.26. The number of nitrogens with one attached hydrogen (secondary N) is 1. The van der Waals surface area contributed by atoms with Gasteiger partial charge in [0.1, 0.15) is 12.7 Å². The van der Waals surface area contributed by atoms with E-state index in [1.54, 1.807) is 12.1 Å². The number of methoxy groups -OCH3 is 1. The third-order valence-corrected chi connectivity index (χ3v) is 4.03. The van der Waals surface area contributed by atoms with E-state index in [-0.39, 0.29) is 30.6 Å². The number of nitrogens with zero attached hydrogens (tertiary/aromatic N) is 1. The summed E-state index contributed by atoms with van der Waals surface area (Å²) in [5.41, 5.74) is -0.438. The number of para-hydroxylation sites is 2. The molecule has 1 amide bonds. The summed E-state index contributed by atoms with van der Waals surface area (Å²) in [6.45, 7) is 0.0150. The molecule has 2 aromatic rings. The van der Waals surface area contributed by atoms with Crippen LogP contribution in [0.15, 0.2) is 42.5 Å². The quantitative estimate of drug-likeness (QED) is 0.421. The molecule has 1 aliphatic rings. The SMILES string of the molecule is COC(=O)c1ccc(OCC(=O)NC[C@H]2COc3ccccc3O2)c([N+](=O)[O-])c1. The molecule has 1 atom stereocenters. The van der Waals surface area contributed by atoms with Crippen molar-refractivity contribution >= 4 is 17.6 Å². The van der Waals surface area contributed by atoms with Crippen molar-refractivity contribution in [3.05, 3.63) is 58.1 Å². The van der Waals surface area contributed by atoms with Crippen molar-refractivity contribution in [1.29, 1.82) is 0 Å². The molecule has 2 aromatic carbocycles. The van der Waals surface area contributed by atoms with Crippen molar-refractivity contribution in [2.45, 2.75) is 6.10 Å². The van der Waals surface area contributed by atoms with Crippen molar-refractivity contribution in [3.63, 3.8) is 0 Å². The molecule has 1 heterocycles. The molecule has 29 heavy (non-hydrogen) atoms. The molecular weight excluding hydrogens is 384 g/mol. The van der Waals surface area contributed by atoms with Gasteiger partial charge in [-0.2, -0.15) is 0 Å². The summed E-state index contributed by atoms with van der Waals surface area (Å²) >= 11 is 0. The summed E-state index contributed by atoms with van der Waals surface area (Å²) in [6.07, 6.45) is -0.373. The van der Waals surface area contributed by atoms with Crippen LogP contribution in [-0.2, 0) is 9.53 Å². The van der Waals surface area contributed by atoms with Crippen LogP contribution in [0.2, 0.25) is 0 Å². The molecule has 1 aliphatic heterocycles. The van der Waals surface area contributed by atoms with Crippen LogP contribution in [0.25, 0.3) is 0 Å². The van der Waals surface area contributed by atoms with Gasteiger partial charge in [0.15, 0.2) is 23.9 Å². The number of amides is 1. The van der Waals surface area contributed by atoms with Crippen molar-refractivity contribution in [3.8, 4) is 17.2 Å². The van der Waals surface area contributed by atoms with Gasteiger partial charge in [-0.05, 0) is 24.3 Å². The topological polar surface area (TPSA) is 126 Å².